The number of carbonyl (C=O) groups is 1. The summed E-state index contributed by atoms with van der Waals surface area (Å²) in [5, 5.41) is 0. The number of Topliss-reactive ketones (excluding diaryl/α,β-unsaturated/α-hetero) is 1. The Morgan fingerprint density at radius 1 is 1.27 bits per heavy atom. The zero-order valence-corrected chi connectivity index (χ0v) is 9.48. The molecule has 5 heteroatoms. The molecule has 3 rings (SSSR count). The molecule has 0 saturated carbocycles. The number of aryl methyl sites for hydroxylation is 1. The maximum absolute atomic E-state index is 11.5. The maximum Gasteiger partial charge on any atom is 0.166 e. The molecule has 1 aliphatic rings. The lowest BCUT2D eigenvalue weighted by molar-refractivity contribution is 0.0973. The molecule has 0 saturated heterocycles. The summed E-state index contributed by atoms with van der Waals surface area (Å²) in [7, 11) is 0. The van der Waals surface area contributed by atoms with E-state index in [0.29, 0.717) is 6.42 Å². The van der Waals surface area contributed by atoms with Crippen LogP contribution >= 0.6 is 24.8 Å². The van der Waals surface area contributed by atoms with Crippen LogP contribution in [0.3, 0.4) is 0 Å². The lowest BCUT2D eigenvalue weighted by atomic mass is 10.0. The highest BCUT2D eigenvalue weighted by atomic mass is 35.5. The molecule has 2 aromatic rings. The van der Waals surface area contributed by atoms with E-state index in [-0.39, 0.29) is 30.6 Å². The molecular weight excluding hydrogens is 235 g/mol. The Balaban J connectivity index is 0.000000562. The summed E-state index contributed by atoms with van der Waals surface area (Å²) in [5.74, 6) is 0.235. The molecule has 2 heterocycles. The number of rotatable bonds is 0. The number of aromatic nitrogens is 2. The maximum atomic E-state index is 11.5. The minimum absolute atomic E-state index is 0. The van der Waals surface area contributed by atoms with Crippen LogP contribution in [0.2, 0.25) is 0 Å². The van der Waals surface area contributed by atoms with Crippen LogP contribution in [-0.4, -0.2) is 15.3 Å². The van der Waals surface area contributed by atoms with E-state index in [9.17, 15) is 4.79 Å². The Morgan fingerprint density at radius 2 is 2.07 bits per heavy atom. The Hall–Kier alpha value is -1.06. The van der Waals surface area contributed by atoms with Gasteiger partial charge in [0, 0.05) is 18.5 Å². The summed E-state index contributed by atoms with van der Waals surface area (Å²) in [4.78, 5) is 15.8. The lowest BCUT2D eigenvalue weighted by Crippen LogP contribution is -2.13. The molecule has 3 nitrogen and oxygen atoms in total. The Kier molecular flexibility index (Phi) is 3.37. The Labute approximate surface area is 99.3 Å². The topological polar surface area (TPSA) is 34.9 Å². The van der Waals surface area contributed by atoms with E-state index >= 15 is 0 Å². The number of hydrogen-bond donors (Lipinski definition) is 0. The van der Waals surface area contributed by atoms with Crippen molar-refractivity contribution in [1.82, 2.24) is 9.55 Å². The number of nitrogens with zero attached hydrogens (tertiary/aromatic N) is 2. The zero-order valence-electron chi connectivity index (χ0n) is 7.84. The molecule has 15 heavy (non-hydrogen) atoms. The van der Waals surface area contributed by atoms with Crippen molar-refractivity contribution in [1.29, 1.82) is 0 Å². The van der Waals surface area contributed by atoms with Gasteiger partial charge in [-0.3, -0.25) is 4.79 Å². The molecule has 1 aromatic carbocycles. The molecule has 0 atom stereocenters. The van der Waals surface area contributed by atoms with Crippen LogP contribution in [0.1, 0.15) is 16.8 Å². The van der Waals surface area contributed by atoms with Gasteiger partial charge >= 0.3 is 0 Å². The number of ketones is 1. The number of halogens is 2. The first kappa shape index (κ1) is 12.0. The number of imidazole rings is 1. The first-order chi connectivity index (χ1) is 6.36. The lowest BCUT2D eigenvalue weighted by Gasteiger charge is -2.12. The molecule has 0 bridgehead atoms. The second kappa shape index (κ2) is 4.21. The average Bonchev–Trinajstić information content (AvgIpc) is 2.57. The summed E-state index contributed by atoms with van der Waals surface area (Å²) < 4.78 is 2.05. The summed E-state index contributed by atoms with van der Waals surface area (Å²) in [6.07, 6.45) is 2.41. The molecule has 80 valence electrons. The van der Waals surface area contributed by atoms with Gasteiger partial charge in [0.05, 0.1) is 17.4 Å². The fourth-order valence-electron chi connectivity index (χ4n) is 1.88. The fourth-order valence-corrected chi connectivity index (χ4v) is 1.88. The Bertz CT molecular complexity index is 507. The molecule has 0 spiro atoms. The largest absolute Gasteiger partial charge is 0.330 e. The van der Waals surface area contributed by atoms with Gasteiger partial charge in [0.15, 0.2) is 5.78 Å². The minimum Gasteiger partial charge on any atom is -0.330 e. The standard InChI is InChI=1S/C10H8N2O.2ClH/c13-9-4-5-12-6-11-8-3-1-2-7(9)10(8)12;;/h1-3,6H,4-5H2;2*1H. The summed E-state index contributed by atoms with van der Waals surface area (Å²) in [5.41, 5.74) is 2.74. The van der Waals surface area contributed by atoms with Gasteiger partial charge < -0.3 is 4.57 Å². The van der Waals surface area contributed by atoms with Crippen molar-refractivity contribution in [2.45, 2.75) is 13.0 Å². The molecular formula is C10H10Cl2N2O. The molecule has 0 amide bonds. The van der Waals surface area contributed by atoms with Gasteiger partial charge in [0.1, 0.15) is 0 Å². The van der Waals surface area contributed by atoms with Crippen molar-refractivity contribution in [2.24, 2.45) is 0 Å². The van der Waals surface area contributed by atoms with Crippen molar-refractivity contribution < 1.29 is 4.79 Å². The first-order valence-corrected chi connectivity index (χ1v) is 4.33. The average molecular weight is 245 g/mol. The SMILES string of the molecule is Cl.Cl.O=C1CCn2cnc3cccc1c32. The van der Waals surface area contributed by atoms with Crippen molar-refractivity contribution in [3.05, 3.63) is 30.1 Å². The van der Waals surface area contributed by atoms with Gasteiger partial charge in [0.25, 0.3) is 0 Å². The highest BCUT2D eigenvalue weighted by molar-refractivity contribution is 6.07. The smallest absolute Gasteiger partial charge is 0.166 e. The van der Waals surface area contributed by atoms with Gasteiger partial charge in [-0.15, -0.1) is 24.8 Å². The molecule has 1 aromatic heterocycles. The van der Waals surface area contributed by atoms with E-state index in [0.717, 1.165) is 23.1 Å². The third-order valence-electron chi connectivity index (χ3n) is 2.52. The van der Waals surface area contributed by atoms with Crippen LogP contribution in [0.25, 0.3) is 11.0 Å². The van der Waals surface area contributed by atoms with Gasteiger partial charge in [-0.05, 0) is 12.1 Å². The van der Waals surface area contributed by atoms with Crippen molar-refractivity contribution in [3.63, 3.8) is 0 Å². The van der Waals surface area contributed by atoms with Gasteiger partial charge in [-0.2, -0.15) is 0 Å². The van der Waals surface area contributed by atoms with Crippen molar-refractivity contribution in [3.8, 4) is 0 Å². The molecule has 0 N–H and O–H groups in total. The molecule has 0 radical (unpaired) electrons. The quantitative estimate of drug-likeness (QED) is 0.714. The van der Waals surface area contributed by atoms with Crippen LogP contribution in [0, 0.1) is 0 Å². The van der Waals surface area contributed by atoms with E-state index in [1.807, 2.05) is 22.8 Å². The molecule has 0 fully saturated rings. The van der Waals surface area contributed by atoms with Crippen LogP contribution in [0.15, 0.2) is 24.5 Å². The molecule has 1 aliphatic heterocycles. The van der Waals surface area contributed by atoms with Gasteiger partial charge in [0.2, 0.25) is 0 Å². The predicted octanol–water partition coefficient (Wildman–Crippen LogP) is 2.47. The first-order valence-electron chi connectivity index (χ1n) is 4.33. The van der Waals surface area contributed by atoms with Crippen LogP contribution in [0.5, 0.6) is 0 Å². The minimum atomic E-state index is 0. The number of hydrogen-bond acceptors (Lipinski definition) is 2. The van der Waals surface area contributed by atoms with E-state index < -0.39 is 0 Å². The molecule has 0 aliphatic carbocycles. The van der Waals surface area contributed by atoms with Crippen molar-refractivity contribution in [2.75, 3.05) is 0 Å². The van der Waals surface area contributed by atoms with E-state index in [2.05, 4.69) is 4.98 Å². The van der Waals surface area contributed by atoms with Crippen LogP contribution in [0.4, 0.5) is 0 Å². The third kappa shape index (κ3) is 1.62. The highest BCUT2D eigenvalue weighted by Crippen LogP contribution is 2.23. The number of para-hydroxylation sites is 1. The van der Waals surface area contributed by atoms with Crippen LogP contribution in [-0.2, 0) is 6.54 Å². The summed E-state index contributed by atoms with van der Waals surface area (Å²) in [6.45, 7) is 0.770. The van der Waals surface area contributed by atoms with Crippen molar-refractivity contribution >= 4 is 41.6 Å². The van der Waals surface area contributed by atoms with Gasteiger partial charge in [-0.1, -0.05) is 6.07 Å². The number of benzene rings is 1. The second-order valence-electron chi connectivity index (χ2n) is 3.28. The zero-order chi connectivity index (χ0) is 8.84. The van der Waals surface area contributed by atoms with E-state index in [1.165, 1.54) is 0 Å². The fraction of sp³-hybridized carbons (Fsp3) is 0.200. The summed E-state index contributed by atoms with van der Waals surface area (Å²) >= 11 is 0. The normalized spacial score (nSPS) is 13.2. The highest BCUT2D eigenvalue weighted by Gasteiger charge is 2.18. The monoisotopic (exact) mass is 244 g/mol. The Morgan fingerprint density at radius 3 is 2.87 bits per heavy atom. The summed E-state index contributed by atoms with van der Waals surface area (Å²) in [6, 6.07) is 5.70. The second-order valence-corrected chi connectivity index (χ2v) is 3.28. The van der Waals surface area contributed by atoms with Crippen LogP contribution < -0.4 is 0 Å². The van der Waals surface area contributed by atoms with Gasteiger partial charge in [-0.25, -0.2) is 4.98 Å². The predicted molar refractivity (Wildman–Crippen MR) is 63.2 cm³/mol. The van der Waals surface area contributed by atoms with E-state index in [1.54, 1.807) is 6.33 Å². The third-order valence-corrected chi connectivity index (χ3v) is 2.52. The molecule has 0 unspecified atom stereocenters. The van der Waals surface area contributed by atoms with E-state index in [4.69, 9.17) is 0 Å². The number of carbonyl (C=O) groups excluding carboxylic acids is 1.